The van der Waals surface area contributed by atoms with Crippen LogP contribution in [0.5, 0.6) is 5.75 Å². The van der Waals surface area contributed by atoms with Crippen molar-refractivity contribution in [2.45, 2.75) is 38.3 Å². The lowest BCUT2D eigenvalue weighted by atomic mass is 9.78. The highest BCUT2D eigenvalue weighted by Gasteiger charge is 2.42. The zero-order valence-corrected chi connectivity index (χ0v) is 11.1. The maximum Gasteiger partial charge on any atom is 0.450 e. The summed E-state index contributed by atoms with van der Waals surface area (Å²) in [6.07, 6.45) is -5.10. The average Bonchev–Trinajstić information content (AvgIpc) is 2.73. The molecule has 0 N–H and O–H groups in total. The van der Waals surface area contributed by atoms with Crippen LogP contribution in [0.2, 0.25) is 0 Å². The molecule has 2 nitrogen and oxygen atoms in total. The molecule has 6 heteroatoms. The number of ketones is 1. The molecular formula is C14H14F4O2. The van der Waals surface area contributed by atoms with Gasteiger partial charge in [-0.15, -0.1) is 0 Å². The number of benzene rings is 1. The van der Waals surface area contributed by atoms with Crippen molar-refractivity contribution in [3.05, 3.63) is 29.1 Å². The fraction of sp³-hybridized carbons (Fsp3) is 0.500. The van der Waals surface area contributed by atoms with E-state index in [4.69, 9.17) is 4.74 Å². The van der Waals surface area contributed by atoms with Crippen LogP contribution in [0.3, 0.4) is 0 Å². The largest absolute Gasteiger partial charge is 0.493 e. The van der Waals surface area contributed by atoms with E-state index >= 15 is 0 Å². The van der Waals surface area contributed by atoms with Gasteiger partial charge in [-0.3, -0.25) is 4.79 Å². The Bertz CT molecular complexity index is 547. The van der Waals surface area contributed by atoms with E-state index in [0.717, 1.165) is 6.07 Å². The first-order valence-corrected chi connectivity index (χ1v) is 6.17. The van der Waals surface area contributed by atoms with E-state index in [0.29, 0.717) is 29.9 Å². The van der Waals surface area contributed by atoms with Gasteiger partial charge in [0.05, 0.1) is 6.61 Å². The third-order valence-corrected chi connectivity index (χ3v) is 3.40. The smallest absolute Gasteiger partial charge is 0.450 e. The fourth-order valence-electron chi connectivity index (χ4n) is 2.37. The Morgan fingerprint density at radius 2 is 1.95 bits per heavy atom. The summed E-state index contributed by atoms with van der Waals surface area (Å²) in [5.74, 6) is -1.94. The number of halogens is 4. The van der Waals surface area contributed by atoms with E-state index in [1.54, 1.807) is 0 Å². The van der Waals surface area contributed by atoms with Gasteiger partial charge in [0, 0.05) is 29.4 Å². The molecule has 1 aliphatic rings. The summed E-state index contributed by atoms with van der Waals surface area (Å²) in [4.78, 5) is 11.2. The predicted octanol–water partition coefficient (Wildman–Crippen LogP) is 3.56. The molecule has 0 saturated carbocycles. The standard InChI is InChI=1S/C14H14F4O2/c1-13(2,7-11(19)14(16,17)18)10-6-9(15)5-8-3-4-20-12(8)10/h5-6H,3-4,7H2,1-2H3. The highest BCUT2D eigenvalue weighted by molar-refractivity contribution is 5.85. The van der Waals surface area contributed by atoms with Crippen LogP contribution in [0.1, 0.15) is 31.4 Å². The molecule has 0 bridgehead atoms. The van der Waals surface area contributed by atoms with E-state index in [-0.39, 0.29) is 0 Å². The third-order valence-electron chi connectivity index (χ3n) is 3.40. The molecular weight excluding hydrogens is 276 g/mol. The monoisotopic (exact) mass is 290 g/mol. The molecule has 0 amide bonds. The van der Waals surface area contributed by atoms with Gasteiger partial charge in [-0.25, -0.2) is 4.39 Å². The minimum atomic E-state index is -4.88. The van der Waals surface area contributed by atoms with Gasteiger partial charge < -0.3 is 4.74 Å². The predicted molar refractivity (Wildman–Crippen MR) is 64.3 cm³/mol. The van der Waals surface area contributed by atoms with Crippen LogP contribution in [0, 0.1) is 5.82 Å². The maximum absolute atomic E-state index is 13.6. The van der Waals surface area contributed by atoms with E-state index in [2.05, 4.69) is 0 Å². The first-order chi connectivity index (χ1) is 9.11. The molecule has 0 unspecified atom stereocenters. The van der Waals surface area contributed by atoms with Gasteiger partial charge in [0.1, 0.15) is 11.6 Å². The van der Waals surface area contributed by atoms with Crippen LogP contribution in [0.15, 0.2) is 12.1 Å². The summed E-state index contributed by atoms with van der Waals surface area (Å²) in [6.45, 7) is 3.33. The second-order valence-corrected chi connectivity index (χ2v) is 5.52. The Hall–Kier alpha value is -1.59. The zero-order chi connectivity index (χ0) is 15.1. The Morgan fingerprint density at radius 3 is 2.55 bits per heavy atom. The van der Waals surface area contributed by atoms with Crippen molar-refractivity contribution < 1.29 is 27.1 Å². The zero-order valence-electron chi connectivity index (χ0n) is 11.1. The topological polar surface area (TPSA) is 26.3 Å². The summed E-state index contributed by atoms with van der Waals surface area (Å²) in [7, 11) is 0. The van der Waals surface area contributed by atoms with E-state index in [1.165, 1.54) is 19.9 Å². The van der Waals surface area contributed by atoms with E-state index < -0.39 is 29.6 Å². The summed E-state index contributed by atoms with van der Waals surface area (Å²) in [5, 5.41) is 0. The SMILES string of the molecule is CC(C)(CC(=O)C(F)(F)F)c1cc(F)cc2c1OCC2. The van der Waals surface area contributed by atoms with Crippen LogP contribution >= 0.6 is 0 Å². The molecule has 1 aromatic carbocycles. The molecule has 0 radical (unpaired) electrons. The molecule has 0 aromatic heterocycles. The maximum atomic E-state index is 13.6. The molecule has 2 rings (SSSR count). The quantitative estimate of drug-likeness (QED) is 0.796. The number of hydrogen-bond donors (Lipinski definition) is 0. The van der Waals surface area contributed by atoms with Crippen molar-refractivity contribution in [1.82, 2.24) is 0 Å². The summed E-state index contributed by atoms with van der Waals surface area (Å²) < 4.78 is 56.1. The second-order valence-electron chi connectivity index (χ2n) is 5.52. The number of ether oxygens (including phenoxy) is 1. The minimum absolute atomic E-state index is 0.308. The van der Waals surface area contributed by atoms with Crippen LogP contribution in [0.25, 0.3) is 0 Å². The number of alkyl halides is 3. The van der Waals surface area contributed by atoms with Crippen molar-refractivity contribution >= 4 is 5.78 Å². The average molecular weight is 290 g/mol. The van der Waals surface area contributed by atoms with Gasteiger partial charge in [-0.1, -0.05) is 13.8 Å². The fourth-order valence-corrected chi connectivity index (χ4v) is 2.37. The highest BCUT2D eigenvalue weighted by atomic mass is 19.4. The first-order valence-electron chi connectivity index (χ1n) is 6.17. The normalized spacial score (nSPS) is 14.9. The van der Waals surface area contributed by atoms with Crippen molar-refractivity contribution in [2.75, 3.05) is 6.61 Å². The Labute approximate surface area is 113 Å². The third kappa shape index (κ3) is 2.78. The Morgan fingerprint density at radius 1 is 1.30 bits per heavy atom. The lowest BCUT2D eigenvalue weighted by Gasteiger charge is -2.27. The van der Waals surface area contributed by atoms with Crippen LogP contribution in [0.4, 0.5) is 17.6 Å². The van der Waals surface area contributed by atoms with Gasteiger partial charge in [0.15, 0.2) is 0 Å². The molecule has 1 heterocycles. The van der Waals surface area contributed by atoms with Crippen molar-refractivity contribution in [1.29, 1.82) is 0 Å². The number of carbonyl (C=O) groups excluding carboxylic acids is 1. The van der Waals surface area contributed by atoms with Gasteiger partial charge >= 0.3 is 6.18 Å². The molecule has 0 fully saturated rings. The summed E-state index contributed by atoms with van der Waals surface area (Å²) in [6, 6.07) is 2.46. The van der Waals surface area contributed by atoms with Crippen LogP contribution in [-0.2, 0) is 16.6 Å². The van der Waals surface area contributed by atoms with Crippen molar-refractivity contribution in [3.8, 4) is 5.75 Å². The van der Waals surface area contributed by atoms with Gasteiger partial charge in [0.2, 0.25) is 5.78 Å². The molecule has 1 aliphatic heterocycles. The van der Waals surface area contributed by atoms with Crippen LogP contribution in [-0.4, -0.2) is 18.6 Å². The Balaban J connectivity index is 2.37. The number of fused-ring (bicyclic) bond motifs is 1. The first kappa shape index (κ1) is 14.8. The molecule has 0 saturated heterocycles. The molecule has 0 aliphatic carbocycles. The Kier molecular flexibility index (Phi) is 3.52. The lowest BCUT2D eigenvalue weighted by Crippen LogP contribution is -2.31. The molecule has 0 spiro atoms. The number of carbonyl (C=O) groups is 1. The van der Waals surface area contributed by atoms with E-state index in [1.807, 2.05) is 0 Å². The van der Waals surface area contributed by atoms with Gasteiger partial charge in [0.25, 0.3) is 0 Å². The number of rotatable bonds is 3. The second kappa shape index (κ2) is 4.75. The highest BCUT2D eigenvalue weighted by Crippen LogP contribution is 2.41. The van der Waals surface area contributed by atoms with Crippen molar-refractivity contribution in [3.63, 3.8) is 0 Å². The van der Waals surface area contributed by atoms with Gasteiger partial charge in [-0.05, 0) is 12.1 Å². The van der Waals surface area contributed by atoms with E-state index in [9.17, 15) is 22.4 Å². The summed E-state index contributed by atoms with van der Waals surface area (Å²) >= 11 is 0. The number of hydrogen-bond acceptors (Lipinski definition) is 2. The molecule has 0 atom stereocenters. The number of Topliss-reactive ketones (excluding diaryl/α,β-unsaturated/α-hetero) is 1. The molecule has 20 heavy (non-hydrogen) atoms. The van der Waals surface area contributed by atoms with Crippen molar-refractivity contribution in [2.24, 2.45) is 0 Å². The lowest BCUT2D eigenvalue weighted by molar-refractivity contribution is -0.172. The molecule has 110 valence electrons. The minimum Gasteiger partial charge on any atom is -0.493 e. The molecule has 1 aromatic rings. The summed E-state index contributed by atoms with van der Waals surface area (Å²) in [5.41, 5.74) is -0.210. The van der Waals surface area contributed by atoms with Gasteiger partial charge in [-0.2, -0.15) is 13.2 Å². The van der Waals surface area contributed by atoms with Crippen LogP contribution < -0.4 is 4.74 Å².